The maximum absolute atomic E-state index is 13.9. The molecule has 0 bridgehead atoms. The van der Waals surface area contributed by atoms with Crippen LogP contribution in [-0.2, 0) is 17.1 Å². The van der Waals surface area contributed by atoms with Crippen LogP contribution in [0, 0.1) is 12.7 Å². The third-order valence-corrected chi connectivity index (χ3v) is 6.50. The number of nitrogens with zero attached hydrogens (tertiary/aromatic N) is 1. The molecule has 158 valence electrons. The van der Waals surface area contributed by atoms with Crippen LogP contribution in [0.4, 0.5) is 15.8 Å². The number of fused-ring (bicyclic) bond motifs is 1. The maximum atomic E-state index is 13.9. The zero-order valence-corrected chi connectivity index (χ0v) is 17.7. The minimum absolute atomic E-state index is 0.0496. The Bertz CT molecular complexity index is 1410. The van der Waals surface area contributed by atoms with E-state index >= 15 is 0 Å². The van der Waals surface area contributed by atoms with Gasteiger partial charge in [-0.1, -0.05) is 36.4 Å². The average molecular weight is 437 g/mol. The van der Waals surface area contributed by atoms with E-state index in [0.717, 1.165) is 10.9 Å². The Hall–Kier alpha value is -3.65. The largest absolute Gasteiger partial charge is 0.350 e. The average Bonchev–Trinajstić information content (AvgIpc) is 3.08. The Morgan fingerprint density at radius 1 is 1.00 bits per heavy atom. The highest BCUT2D eigenvalue weighted by atomic mass is 32.2. The van der Waals surface area contributed by atoms with Gasteiger partial charge < -0.3 is 9.88 Å². The number of carbonyl (C=O) groups is 1. The van der Waals surface area contributed by atoms with Crippen molar-refractivity contribution < 1.29 is 17.6 Å². The number of carbonyl (C=O) groups excluding carboxylic acids is 1. The molecule has 0 fully saturated rings. The van der Waals surface area contributed by atoms with E-state index in [0.29, 0.717) is 16.8 Å². The molecule has 31 heavy (non-hydrogen) atoms. The van der Waals surface area contributed by atoms with Gasteiger partial charge in [-0.05, 0) is 42.8 Å². The maximum Gasteiger partial charge on any atom is 0.262 e. The second kappa shape index (κ2) is 7.88. The molecule has 0 atom stereocenters. The SMILES string of the molecule is Cc1ccc(NC(=O)c2cn(C)c3ccccc23)cc1S(=O)(=O)Nc1ccccc1F. The van der Waals surface area contributed by atoms with Crippen LogP contribution in [-0.4, -0.2) is 18.9 Å². The van der Waals surface area contributed by atoms with Gasteiger partial charge in [0.25, 0.3) is 15.9 Å². The standard InChI is InChI=1S/C23H20FN3O3S/c1-15-11-12-16(13-22(15)31(29,30)26-20-9-5-4-8-19(20)24)25-23(28)18-14-27(2)21-10-6-3-7-17(18)21/h3-14,26H,1-2H3,(H,25,28). The Morgan fingerprint density at radius 3 is 2.48 bits per heavy atom. The van der Waals surface area contributed by atoms with Crippen molar-refractivity contribution in [2.75, 3.05) is 10.0 Å². The van der Waals surface area contributed by atoms with E-state index in [2.05, 4.69) is 10.0 Å². The number of benzene rings is 3. The number of hydrogen-bond donors (Lipinski definition) is 2. The molecule has 1 amide bonds. The van der Waals surface area contributed by atoms with Crippen LogP contribution in [0.3, 0.4) is 0 Å². The molecule has 0 aliphatic carbocycles. The van der Waals surface area contributed by atoms with Crippen molar-refractivity contribution in [2.24, 2.45) is 7.05 Å². The van der Waals surface area contributed by atoms with E-state index in [1.54, 1.807) is 25.3 Å². The minimum atomic E-state index is -4.07. The smallest absolute Gasteiger partial charge is 0.262 e. The summed E-state index contributed by atoms with van der Waals surface area (Å²) >= 11 is 0. The summed E-state index contributed by atoms with van der Waals surface area (Å²) in [4.78, 5) is 12.8. The third kappa shape index (κ3) is 4.02. The van der Waals surface area contributed by atoms with Gasteiger partial charge >= 0.3 is 0 Å². The first-order chi connectivity index (χ1) is 14.8. The first-order valence-electron chi connectivity index (χ1n) is 9.50. The molecule has 8 heteroatoms. The number of nitrogens with one attached hydrogen (secondary N) is 2. The topological polar surface area (TPSA) is 80.2 Å². The fraction of sp³-hybridized carbons (Fsp3) is 0.0870. The zero-order valence-electron chi connectivity index (χ0n) is 16.9. The Morgan fingerprint density at radius 2 is 1.71 bits per heavy atom. The lowest BCUT2D eigenvalue weighted by atomic mass is 10.1. The molecule has 0 saturated carbocycles. The van der Waals surface area contributed by atoms with Crippen molar-refractivity contribution in [3.8, 4) is 0 Å². The number of rotatable bonds is 5. The van der Waals surface area contributed by atoms with Crippen LogP contribution in [0.1, 0.15) is 15.9 Å². The van der Waals surface area contributed by atoms with Gasteiger partial charge in [0.05, 0.1) is 16.1 Å². The van der Waals surface area contributed by atoms with Gasteiger partial charge in [-0.15, -0.1) is 0 Å². The third-order valence-electron chi connectivity index (χ3n) is 5.00. The molecule has 6 nitrogen and oxygen atoms in total. The normalized spacial score (nSPS) is 11.5. The van der Waals surface area contributed by atoms with E-state index in [1.165, 1.54) is 30.3 Å². The molecule has 0 unspecified atom stereocenters. The number of para-hydroxylation sites is 2. The van der Waals surface area contributed by atoms with E-state index in [4.69, 9.17) is 0 Å². The zero-order chi connectivity index (χ0) is 22.2. The van der Waals surface area contributed by atoms with Gasteiger partial charge in [-0.2, -0.15) is 0 Å². The summed E-state index contributed by atoms with van der Waals surface area (Å²) in [6.07, 6.45) is 1.73. The molecule has 1 heterocycles. The van der Waals surface area contributed by atoms with Crippen LogP contribution in [0.5, 0.6) is 0 Å². The van der Waals surface area contributed by atoms with Crippen molar-refractivity contribution in [3.63, 3.8) is 0 Å². The molecular formula is C23H20FN3O3S. The van der Waals surface area contributed by atoms with Crippen molar-refractivity contribution in [1.82, 2.24) is 4.57 Å². The fourth-order valence-corrected chi connectivity index (χ4v) is 4.77. The lowest BCUT2D eigenvalue weighted by Gasteiger charge is -2.13. The molecule has 0 saturated heterocycles. The molecule has 3 aromatic carbocycles. The number of sulfonamides is 1. The quantitative estimate of drug-likeness (QED) is 0.476. The molecule has 4 rings (SSSR count). The summed E-state index contributed by atoms with van der Waals surface area (Å²) in [5, 5.41) is 3.56. The molecule has 0 spiro atoms. The highest BCUT2D eigenvalue weighted by Crippen LogP contribution is 2.26. The molecule has 0 aliphatic heterocycles. The number of hydrogen-bond acceptors (Lipinski definition) is 3. The first-order valence-corrected chi connectivity index (χ1v) is 11.0. The predicted molar refractivity (Wildman–Crippen MR) is 119 cm³/mol. The summed E-state index contributed by atoms with van der Waals surface area (Å²) in [5.41, 5.74) is 2.03. The Kier molecular flexibility index (Phi) is 5.24. The van der Waals surface area contributed by atoms with Gasteiger partial charge in [0.15, 0.2) is 0 Å². The minimum Gasteiger partial charge on any atom is -0.350 e. The number of aryl methyl sites for hydroxylation is 2. The molecular weight excluding hydrogens is 417 g/mol. The van der Waals surface area contributed by atoms with Crippen LogP contribution in [0.15, 0.2) is 77.8 Å². The van der Waals surface area contributed by atoms with Gasteiger partial charge in [-0.25, -0.2) is 12.8 Å². The Labute approximate surface area is 179 Å². The summed E-state index contributed by atoms with van der Waals surface area (Å²) < 4.78 is 43.8. The molecule has 1 aromatic heterocycles. The van der Waals surface area contributed by atoms with Crippen LogP contribution < -0.4 is 10.0 Å². The number of anilines is 2. The van der Waals surface area contributed by atoms with Crippen molar-refractivity contribution in [2.45, 2.75) is 11.8 Å². The van der Waals surface area contributed by atoms with E-state index in [-0.39, 0.29) is 16.5 Å². The number of halogens is 1. The molecule has 4 aromatic rings. The fourth-order valence-electron chi connectivity index (χ4n) is 3.43. The van der Waals surface area contributed by atoms with Crippen LogP contribution in [0.2, 0.25) is 0 Å². The monoisotopic (exact) mass is 437 g/mol. The summed E-state index contributed by atoms with van der Waals surface area (Å²) in [7, 11) is -2.21. The van der Waals surface area contributed by atoms with Crippen LogP contribution >= 0.6 is 0 Å². The van der Waals surface area contributed by atoms with Gasteiger partial charge in [-0.3, -0.25) is 9.52 Å². The van der Waals surface area contributed by atoms with Crippen LogP contribution in [0.25, 0.3) is 10.9 Å². The first kappa shape index (κ1) is 20.6. The number of amides is 1. The van der Waals surface area contributed by atoms with Crippen molar-refractivity contribution in [1.29, 1.82) is 0 Å². The number of aromatic nitrogens is 1. The van der Waals surface area contributed by atoms with Gasteiger partial charge in [0.1, 0.15) is 5.82 Å². The lowest BCUT2D eigenvalue weighted by Crippen LogP contribution is -2.16. The molecule has 2 N–H and O–H groups in total. The van der Waals surface area contributed by atoms with E-state index < -0.39 is 15.8 Å². The molecule has 0 aliphatic rings. The second-order valence-electron chi connectivity index (χ2n) is 7.19. The van der Waals surface area contributed by atoms with Gasteiger partial charge in [0, 0.05) is 29.8 Å². The Balaban J connectivity index is 1.65. The van der Waals surface area contributed by atoms with E-state index in [1.807, 2.05) is 35.9 Å². The summed E-state index contributed by atoms with van der Waals surface area (Å²) in [6, 6.07) is 17.6. The molecule has 0 radical (unpaired) electrons. The summed E-state index contributed by atoms with van der Waals surface area (Å²) in [6.45, 7) is 1.63. The summed E-state index contributed by atoms with van der Waals surface area (Å²) in [5.74, 6) is -1.03. The van der Waals surface area contributed by atoms with E-state index in [9.17, 15) is 17.6 Å². The van der Waals surface area contributed by atoms with Crippen molar-refractivity contribution >= 4 is 38.2 Å². The lowest BCUT2D eigenvalue weighted by molar-refractivity contribution is 0.102. The van der Waals surface area contributed by atoms with Crippen molar-refractivity contribution in [3.05, 3.63) is 89.9 Å². The predicted octanol–water partition coefficient (Wildman–Crippen LogP) is 4.68. The highest BCUT2D eigenvalue weighted by Gasteiger charge is 2.20. The van der Waals surface area contributed by atoms with Gasteiger partial charge in [0.2, 0.25) is 0 Å². The highest BCUT2D eigenvalue weighted by molar-refractivity contribution is 7.92. The second-order valence-corrected chi connectivity index (χ2v) is 8.84.